The fraction of sp³-hybridized carbons (Fsp3) is 0.314. The van der Waals surface area contributed by atoms with Gasteiger partial charge in [0.2, 0.25) is 11.8 Å². The van der Waals surface area contributed by atoms with Crippen molar-refractivity contribution in [2.24, 2.45) is 5.73 Å². The molecule has 8 bridgehead atoms. The monoisotopic (exact) mass is 905 g/mol. The summed E-state index contributed by atoms with van der Waals surface area (Å²) in [5.74, 6) is -1.02. The highest BCUT2D eigenvalue weighted by Gasteiger charge is 2.22. The third-order valence-corrected chi connectivity index (χ3v) is 12.0. The SMILES string of the molecule is [2H]C([2H])(Nc1cnc2nc[nH]c2c1)c1ccc(OCCNC(=O)[C@H](CCCCN)NC(=O)CCc2c(C)c3cc4nc(cc5nc(cc6[nH]c(cc2[nH]3)c(CCC(=O)O)c6C)C=C5C)C=C4C)cc1. The second-order valence-corrected chi connectivity index (χ2v) is 16.9. The summed E-state index contributed by atoms with van der Waals surface area (Å²) in [6.45, 7) is 6.88. The number of imidazole rings is 1. The maximum Gasteiger partial charge on any atom is 0.303 e. The summed E-state index contributed by atoms with van der Waals surface area (Å²) < 4.78 is 23.1. The van der Waals surface area contributed by atoms with Gasteiger partial charge in [0.25, 0.3) is 0 Å². The molecule has 346 valence electrons. The molecular formula is C51H57N11O5. The number of carboxylic acids is 1. The van der Waals surface area contributed by atoms with E-state index in [0.717, 1.165) is 78.2 Å². The van der Waals surface area contributed by atoms with Crippen LogP contribution in [0, 0.1) is 13.8 Å². The Morgan fingerprint density at radius 3 is 2.18 bits per heavy atom. The molecule has 6 aromatic rings. The smallest absolute Gasteiger partial charge is 0.303 e. The zero-order valence-electron chi connectivity index (χ0n) is 40.1. The molecule has 1 aromatic carbocycles. The number of carbonyl (C=O) groups is 3. The fourth-order valence-corrected chi connectivity index (χ4v) is 8.30. The number of carbonyl (C=O) groups excluding carboxylic acids is 2. The van der Waals surface area contributed by atoms with E-state index in [4.69, 9.17) is 23.2 Å². The Labute approximate surface area is 390 Å². The summed E-state index contributed by atoms with van der Waals surface area (Å²) in [5, 5.41) is 18.4. The van der Waals surface area contributed by atoms with Crippen LogP contribution in [0.4, 0.5) is 5.69 Å². The first-order valence-electron chi connectivity index (χ1n) is 23.5. The maximum absolute atomic E-state index is 13.8. The molecule has 0 spiro atoms. The lowest BCUT2D eigenvalue weighted by Crippen LogP contribution is -2.47. The van der Waals surface area contributed by atoms with Gasteiger partial charge in [0.1, 0.15) is 18.4 Å². The number of aromatic amines is 3. The van der Waals surface area contributed by atoms with Gasteiger partial charge in [-0.05, 0) is 160 Å². The Bertz CT molecular complexity index is 3150. The number of nitrogens with two attached hydrogens (primary N) is 1. The van der Waals surface area contributed by atoms with Gasteiger partial charge >= 0.3 is 5.97 Å². The number of fused-ring (bicyclic) bond motifs is 9. The molecule has 8 rings (SSSR count). The van der Waals surface area contributed by atoms with Crippen LogP contribution in [0.2, 0.25) is 0 Å². The number of aliphatic carboxylic acids is 1. The molecule has 2 aliphatic rings. The second kappa shape index (κ2) is 20.7. The van der Waals surface area contributed by atoms with Gasteiger partial charge < -0.3 is 46.5 Å². The van der Waals surface area contributed by atoms with Crippen molar-refractivity contribution >= 4 is 80.0 Å². The van der Waals surface area contributed by atoms with Crippen LogP contribution in [-0.2, 0) is 33.7 Å². The lowest BCUT2D eigenvalue weighted by Gasteiger charge is -2.19. The zero-order chi connectivity index (χ0) is 48.8. The number of carboxylic acid groups (broad SMARTS) is 1. The van der Waals surface area contributed by atoms with Crippen LogP contribution in [0.5, 0.6) is 5.75 Å². The predicted octanol–water partition coefficient (Wildman–Crippen LogP) is 7.69. The molecule has 16 heteroatoms. The maximum atomic E-state index is 13.8. The van der Waals surface area contributed by atoms with Gasteiger partial charge in [-0.1, -0.05) is 12.1 Å². The summed E-state index contributed by atoms with van der Waals surface area (Å²) >= 11 is 0. The molecule has 0 aliphatic carbocycles. The molecule has 2 amide bonds. The van der Waals surface area contributed by atoms with E-state index in [1.165, 1.54) is 12.5 Å². The topological polar surface area (TPSA) is 242 Å². The highest BCUT2D eigenvalue weighted by Crippen LogP contribution is 2.30. The second-order valence-electron chi connectivity index (χ2n) is 16.9. The largest absolute Gasteiger partial charge is 0.492 e. The summed E-state index contributed by atoms with van der Waals surface area (Å²) in [7, 11) is 0. The highest BCUT2D eigenvalue weighted by molar-refractivity contribution is 5.89. The van der Waals surface area contributed by atoms with Gasteiger partial charge in [0.15, 0.2) is 5.65 Å². The number of aryl methyl sites for hydroxylation is 4. The first kappa shape index (κ1) is 43.3. The minimum atomic E-state index is -1.91. The van der Waals surface area contributed by atoms with Crippen LogP contribution in [0.25, 0.3) is 56.5 Å². The molecule has 2 aliphatic heterocycles. The number of allylic oxidation sites excluding steroid dienone is 2. The van der Waals surface area contributed by atoms with Gasteiger partial charge in [-0.3, -0.25) is 14.4 Å². The van der Waals surface area contributed by atoms with E-state index in [0.29, 0.717) is 66.8 Å². The lowest BCUT2D eigenvalue weighted by atomic mass is 10.0. The van der Waals surface area contributed by atoms with Crippen molar-refractivity contribution in [1.29, 1.82) is 0 Å². The van der Waals surface area contributed by atoms with Crippen LogP contribution in [0.1, 0.15) is 99.3 Å². The molecule has 7 heterocycles. The van der Waals surface area contributed by atoms with Gasteiger partial charge in [-0.25, -0.2) is 19.9 Å². The standard InChI is InChI=1S/C51H57N11O5/c1-29-19-35-22-43-31(3)39(13-15-49(64)65)46(60-43)25-45-38(32(4)44(61-45)24-42-30(2)20-34(59-42)21-41(29)58-35)12-14-48(63)62-40(7-5-6-16-52)51(66)53-17-18-67-37-10-8-33(9-11-37)26-54-36-23-47-50(55-27-36)57-28-56-47/h8-11,19-25,27-28,40,54,60-61H,5-7,12-18,26,52H2,1-4H3,(H,53,66)(H,62,63)(H,64,65)(H,55,56,57)/t40-/m0/s1/i26D2. The van der Waals surface area contributed by atoms with Crippen molar-refractivity contribution in [2.45, 2.75) is 85.2 Å². The van der Waals surface area contributed by atoms with Gasteiger partial charge in [0, 0.05) is 41.4 Å². The van der Waals surface area contributed by atoms with Crippen LogP contribution in [-0.4, -0.2) is 83.5 Å². The lowest BCUT2D eigenvalue weighted by molar-refractivity contribution is -0.137. The Hall–Kier alpha value is -7.59. The van der Waals surface area contributed by atoms with Crippen molar-refractivity contribution in [3.8, 4) is 5.75 Å². The molecule has 9 N–H and O–H groups in total. The van der Waals surface area contributed by atoms with Crippen LogP contribution < -0.4 is 26.4 Å². The number of nitrogens with one attached hydrogen (secondary N) is 6. The van der Waals surface area contributed by atoms with Gasteiger partial charge in [-0.15, -0.1) is 0 Å². The number of nitrogens with zero attached hydrogens (tertiary/aromatic N) is 4. The number of unbranched alkanes of at least 4 members (excludes halogenated alkanes) is 1. The van der Waals surface area contributed by atoms with Crippen LogP contribution >= 0.6 is 0 Å². The molecule has 5 aromatic heterocycles. The number of pyridine rings is 1. The number of rotatable bonds is 19. The Morgan fingerprint density at radius 1 is 0.806 bits per heavy atom. The Kier molecular flexibility index (Phi) is 13.4. The Morgan fingerprint density at radius 2 is 1.48 bits per heavy atom. The molecular weight excluding hydrogens is 847 g/mol. The van der Waals surface area contributed by atoms with Crippen LogP contribution in [0.3, 0.4) is 0 Å². The number of benzene rings is 1. The summed E-state index contributed by atoms with van der Waals surface area (Å²) in [6.07, 6.45) is 9.55. The normalized spacial score (nSPS) is 13.3. The van der Waals surface area contributed by atoms with Crippen molar-refractivity contribution in [3.05, 3.63) is 118 Å². The molecule has 0 saturated carbocycles. The van der Waals surface area contributed by atoms with Crippen molar-refractivity contribution in [3.63, 3.8) is 0 Å². The first-order chi connectivity index (χ1) is 33.1. The van der Waals surface area contributed by atoms with E-state index in [-0.39, 0.29) is 37.8 Å². The minimum absolute atomic E-state index is 0.0444. The van der Waals surface area contributed by atoms with Crippen molar-refractivity contribution in [2.75, 3.05) is 25.0 Å². The fourth-order valence-electron chi connectivity index (χ4n) is 8.30. The van der Waals surface area contributed by atoms with E-state index in [1.54, 1.807) is 30.3 Å². The molecule has 0 unspecified atom stereocenters. The number of anilines is 1. The summed E-state index contributed by atoms with van der Waals surface area (Å²) in [6, 6.07) is 15.5. The third-order valence-electron chi connectivity index (χ3n) is 12.0. The van der Waals surface area contributed by atoms with E-state index in [2.05, 4.69) is 40.9 Å². The summed E-state index contributed by atoms with van der Waals surface area (Å²) in [5.41, 5.74) is 19.9. The number of H-pyrrole nitrogens is 3. The molecule has 1 atom stereocenters. The molecule has 67 heavy (non-hydrogen) atoms. The number of aromatic nitrogens is 7. The average Bonchev–Trinajstić information content (AvgIpc) is 4.12. The van der Waals surface area contributed by atoms with E-state index >= 15 is 0 Å². The van der Waals surface area contributed by atoms with Crippen molar-refractivity contribution < 1.29 is 27.0 Å². The van der Waals surface area contributed by atoms with Crippen LogP contribution in [0.15, 0.2) is 67.1 Å². The number of ether oxygens (including phenoxy) is 1. The van der Waals surface area contributed by atoms with Gasteiger partial charge in [0.05, 0.1) is 55.8 Å². The predicted molar refractivity (Wildman–Crippen MR) is 263 cm³/mol. The third kappa shape index (κ3) is 11.3. The number of amides is 2. The molecule has 16 nitrogen and oxygen atoms in total. The number of hydrogen-bond acceptors (Lipinski definition) is 10. The first-order valence-corrected chi connectivity index (χ1v) is 22.5. The highest BCUT2D eigenvalue weighted by atomic mass is 16.5. The minimum Gasteiger partial charge on any atom is -0.492 e. The molecule has 0 fully saturated rings. The van der Waals surface area contributed by atoms with E-state index in [1.807, 2.05) is 64.1 Å². The Balaban J connectivity index is 0.965. The molecule has 0 radical (unpaired) electrons. The average molecular weight is 906 g/mol. The quantitative estimate of drug-likeness (QED) is 0.0366. The summed E-state index contributed by atoms with van der Waals surface area (Å²) in [4.78, 5) is 67.4. The van der Waals surface area contributed by atoms with E-state index in [9.17, 15) is 19.5 Å². The number of hydrogen-bond donors (Lipinski definition) is 8. The van der Waals surface area contributed by atoms with Gasteiger partial charge in [-0.2, -0.15) is 0 Å². The van der Waals surface area contributed by atoms with Crippen molar-refractivity contribution in [1.82, 2.24) is 45.5 Å². The van der Waals surface area contributed by atoms with E-state index < -0.39 is 18.5 Å². The zero-order valence-corrected chi connectivity index (χ0v) is 38.1. The molecule has 0 saturated heterocycles.